The van der Waals surface area contributed by atoms with E-state index in [1.165, 1.54) is 12.8 Å². The van der Waals surface area contributed by atoms with E-state index in [2.05, 4.69) is 32.6 Å². The van der Waals surface area contributed by atoms with E-state index in [9.17, 15) is 0 Å². The highest BCUT2D eigenvalue weighted by Crippen LogP contribution is 2.24. The number of para-hydroxylation sites is 1. The average Bonchev–Trinajstić information content (AvgIpc) is 3.08. The van der Waals surface area contributed by atoms with Crippen LogP contribution in [0.5, 0.6) is 0 Å². The van der Waals surface area contributed by atoms with E-state index in [1.807, 2.05) is 41.2 Å². The fourth-order valence-electron chi connectivity index (χ4n) is 3.36. The third-order valence-electron chi connectivity index (χ3n) is 4.77. The minimum absolute atomic E-state index is 0.357. The number of anilines is 1. The summed E-state index contributed by atoms with van der Waals surface area (Å²) in [6.45, 7) is 4.42. The molecule has 0 bridgehead atoms. The number of hydrogen-bond donors (Lipinski definition) is 2. The SMILES string of the molecule is CC(Nc1ncnc2c1cnn2-c1ccccc1)C1CCCNC1. The predicted molar refractivity (Wildman–Crippen MR) is 95.3 cm³/mol. The summed E-state index contributed by atoms with van der Waals surface area (Å²) in [7, 11) is 0. The number of aromatic nitrogens is 4. The highest BCUT2D eigenvalue weighted by atomic mass is 15.3. The fraction of sp³-hybridized carbons (Fsp3) is 0.389. The smallest absolute Gasteiger partial charge is 0.168 e. The monoisotopic (exact) mass is 322 g/mol. The minimum atomic E-state index is 0.357. The summed E-state index contributed by atoms with van der Waals surface area (Å²) in [5.41, 5.74) is 1.83. The van der Waals surface area contributed by atoms with Crippen LogP contribution in [0.2, 0.25) is 0 Å². The van der Waals surface area contributed by atoms with Crippen LogP contribution in [-0.4, -0.2) is 38.9 Å². The largest absolute Gasteiger partial charge is 0.367 e. The molecule has 0 spiro atoms. The number of fused-ring (bicyclic) bond motifs is 1. The molecule has 1 aliphatic rings. The lowest BCUT2D eigenvalue weighted by atomic mass is 9.93. The molecule has 2 atom stereocenters. The number of nitrogens with one attached hydrogen (secondary N) is 2. The molecule has 0 aliphatic carbocycles. The average molecular weight is 322 g/mol. The molecule has 6 nitrogen and oxygen atoms in total. The van der Waals surface area contributed by atoms with E-state index < -0.39 is 0 Å². The van der Waals surface area contributed by atoms with Crippen LogP contribution in [0.4, 0.5) is 5.82 Å². The van der Waals surface area contributed by atoms with Crippen molar-refractivity contribution >= 4 is 16.9 Å². The molecule has 2 unspecified atom stereocenters. The molecule has 24 heavy (non-hydrogen) atoms. The molecule has 3 aromatic rings. The van der Waals surface area contributed by atoms with Gasteiger partial charge in [0.2, 0.25) is 0 Å². The summed E-state index contributed by atoms with van der Waals surface area (Å²) in [5.74, 6) is 1.48. The van der Waals surface area contributed by atoms with Crippen molar-refractivity contribution < 1.29 is 0 Å². The van der Waals surface area contributed by atoms with Crippen LogP contribution in [0.3, 0.4) is 0 Å². The molecule has 2 aromatic heterocycles. The predicted octanol–water partition coefficient (Wildman–Crippen LogP) is 2.62. The first-order valence-electron chi connectivity index (χ1n) is 8.54. The van der Waals surface area contributed by atoms with Crippen molar-refractivity contribution in [1.29, 1.82) is 0 Å². The van der Waals surface area contributed by atoms with Crippen LogP contribution in [0.1, 0.15) is 19.8 Å². The van der Waals surface area contributed by atoms with E-state index in [0.717, 1.165) is 35.6 Å². The standard InChI is InChI=1S/C18H22N6/c1-13(14-6-5-9-19-10-14)23-17-16-11-22-24(18(16)21-12-20-17)15-7-3-2-4-8-15/h2-4,7-8,11-14,19H,5-6,9-10H2,1H3,(H,20,21,23). The summed E-state index contributed by atoms with van der Waals surface area (Å²) in [6, 6.07) is 10.4. The van der Waals surface area contributed by atoms with Crippen LogP contribution in [0.25, 0.3) is 16.7 Å². The number of nitrogens with zero attached hydrogens (tertiary/aromatic N) is 4. The Hall–Kier alpha value is -2.47. The first-order valence-corrected chi connectivity index (χ1v) is 8.54. The number of piperidine rings is 1. The number of rotatable bonds is 4. The van der Waals surface area contributed by atoms with Gasteiger partial charge in [-0.15, -0.1) is 0 Å². The van der Waals surface area contributed by atoms with Gasteiger partial charge >= 0.3 is 0 Å². The molecule has 6 heteroatoms. The van der Waals surface area contributed by atoms with E-state index in [-0.39, 0.29) is 0 Å². The second-order valence-electron chi connectivity index (χ2n) is 6.39. The zero-order valence-electron chi connectivity index (χ0n) is 13.8. The van der Waals surface area contributed by atoms with Crippen LogP contribution >= 0.6 is 0 Å². The molecular weight excluding hydrogens is 300 g/mol. The van der Waals surface area contributed by atoms with Crippen molar-refractivity contribution in [2.45, 2.75) is 25.8 Å². The summed E-state index contributed by atoms with van der Waals surface area (Å²) in [6.07, 6.45) is 5.94. The van der Waals surface area contributed by atoms with Crippen LogP contribution < -0.4 is 10.6 Å². The van der Waals surface area contributed by atoms with Gasteiger partial charge in [-0.3, -0.25) is 0 Å². The van der Waals surface area contributed by atoms with Crippen molar-refractivity contribution in [3.63, 3.8) is 0 Å². The summed E-state index contributed by atoms with van der Waals surface area (Å²) in [4.78, 5) is 8.89. The highest BCUT2D eigenvalue weighted by Gasteiger charge is 2.21. The molecule has 1 aromatic carbocycles. The summed E-state index contributed by atoms with van der Waals surface area (Å²) >= 11 is 0. The second-order valence-corrected chi connectivity index (χ2v) is 6.39. The highest BCUT2D eigenvalue weighted by molar-refractivity contribution is 5.87. The van der Waals surface area contributed by atoms with Gasteiger partial charge in [-0.1, -0.05) is 18.2 Å². The Kier molecular flexibility index (Phi) is 4.13. The van der Waals surface area contributed by atoms with Crippen molar-refractivity contribution in [2.24, 2.45) is 5.92 Å². The maximum absolute atomic E-state index is 4.51. The maximum Gasteiger partial charge on any atom is 0.168 e. The van der Waals surface area contributed by atoms with E-state index in [1.54, 1.807) is 6.33 Å². The Morgan fingerprint density at radius 1 is 1.25 bits per heavy atom. The van der Waals surface area contributed by atoms with E-state index in [4.69, 9.17) is 0 Å². The Bertz CT molecular complexity index is 807. The molecule has 1 aliphatic heterocycles. The summed E-state index contributed by atoms with van der Waals surface area (Å²) in [5, 5.41) is 12.5. The van der Waals surface area contributed by atoms with Gasteiger partial charge in [0.25, 0.3) is 0 Å². The Morgan fingerprint density at radius 2 is 2.12 bits per heavy atom. The van der Waals surface area contributed by atoms with E-state index >= 15 is 0 Å². The van der Waals surface area contributed by atoms with Crippen molar-refractivity contribution in [1.82, 2.24) is 25.1 Å². The van der Waals surface area contributed by atoms with Crippen molar-refractivity contribution in [3.05, 3.63) is 42.9 Å². The number of hydrogen-bond acceptors (Lipinski definition) is 5. The third kappa shape index (κ3) is 2.85. The lowest BCUT2D eigenvalue weighted by Gasteiger charge is -2.29. The molecule has 0 amide bonds. The van der Waals surface area contributed by atoms with Gasteiger partial charge in [0, 0.05) is 6.04 Å². The fourth-order valence-corrected chi connectivity index (χ4v) is 3.36. The van der Waals surface area contributed by atoms with Gasteiger partial charge < -0.3 is 10.6 Å². The van der Waals surface area contributed by atoms with Gasteiger partial charge in [-0.25, -0.2) is 14.6 Å². The summed E-state index contributed by atoms with van der Waals surface area (Å²) < 4.78 is 1.86. The topological polar surface area (TPSA) is 67.7 Å². The van der Waals surface area contributed by atoms with Crippen LogP contribution in [0, 0.1) is 5.92 Å². The molecule has 1 saturated heterocycles. The van der Waals surface area contributed by atoms with Gasteiger partial charge in [-0.2, -0.15) is 5.10 Å². The Labute approximate surface area is 141 Å². The molecular formula is C18H22N6. The molecule has 1 fully saturated rings. The zero-order valence-corrected chi connectivity index (χ0v) is 13.8. The minimum Gasteiger partial charge on any atom is -0.367 e. The third-order valence-corrected chi connectivity index (χ3v) is 4.77. The van der Waals surface area contributed by atoms with Crippen molar-refractivity contribution in [3.8, 4) is 5.69 Å². The Morgan fingerprint density at radius 3 is 2.92 bits per heavy atom. The normalized spacial score (nSPS) is 19.3. The molecule has 0 radical (unpaired) electrons. The van der Waals surface area contributed by atoms with Crippen LogP contribution in [-0.2, 0) is 0 Å². The molecule has 0 saturated carbocycles. The van der Waals surface area contributed by atoms with E-state index in [0.29, 0.717) is 12.0 Å². The Balaban J connectivity index is 1.63. The second kappa shape index (κ2) is 6.57. The van der Waals surface area contributed by atoms with Crippen molar-refractivity contribution in [2.75, 3.05) is 18.4 Å². The van der Waals surface area contributed by atoms with Gasteiger partial charge in [0.1, 0.15) is 12.1 Å². The molecule has 3 heterocycles. The van der Waals surface area contributed by atoms with Gasteiger partial charge in [0.15, 0.2) is 5.65 Å². The lowest BCUT2D eigenvalue weighted by Crippen LogP contribution is -2.38. The van der Waals surface area contributed by atoms with Gasteiger partial charge in [-0.05, 0) is 50.9 Å². The maximum atomic E-state index is 4.51. The molecule has 4 rings (SSSR count). The molecule has 2 N–H and O–H groups in total. The molecule has 124 valence electrons. The first kappa shape index (κ1) is 15.1. The number of benzene rings is 1. The quantitative estimate of drug-likeness (QED) is 0.773. The lowest BCUT2D eigenvalue weighted by molar-refractivity contribution is 0.347. The van der Waals surface area contributed by atoms with Gasteiger partial charge in [0.05, 0.1) is 17.3 Å². The zero-order chi connectivity index (χ0) is 16.4. The first-order chi connectivity index (χ1) is 11.8. The van der Waals surface area contributed by atoms with Crippen LogP contribution in [0.15, 0.2) is 42.9 Å².